The lowest BCUT2D eigenvalue weighted by molar-refractivity contribution is -0.141. The predicted molar refractivity (Wildman–Crippen MR) is 98.6 cm³/mol. The second-order valence-electron chi connectivity index (χ2n) is 6.32. The maximum Gasteiger partial charge on any atom is 0.435 e. The number of nitrogens with zero attached hydrogens (tertiary/aromatic N) is 7. The molecule has 0 bridgehead atoms. The Morgan fingerprint density at radius 1 is 1.13 bits per heavy atom. The van der Waals surface area contributed by atoms with Crippen molar-refractivity contribution >= 4 is 15.5 Å². The zero-order valence-corrected chi connectivity index (χ0v) is 16.5. The fraction of sp³-hybridized carbons (Fsp3) is 0.235. The fourth-order valence-corrected chi connectivity index (χ4v) is 3.83. The van der Waals surface area contributed by atoms with Crippen LogP contribution in [-0.2, 0) is 16.0 Å². The lowest BCUT2D eigenvalue weighted by Gasteiger charge is -2.10. The van der Waals surface area contributed by atoms with Crippen LogP contribution < -0.4 is 0 Å². The molecule has 156 valence electrons. The summed E-state index contributed by atoms with van der Waals surface area (Å²) in [6.45, 7) is 3.16. The van der Waals surface area contributed by atoms with Gasteiger partial charge in [-0.3, -0.25) is 4.98 Å². The fourth-order valence-electron chi connectivity index (χ4n) is 2.76. The summed E-state index contributed by atoms with van der Waals surface area (Å²) in [6.07, 6.45) is -0.544. The van der Waals surface area contributed by atoms with Crippen LogP contribution in [0.5, 0.6) is 0 Å². The molecule has 0 aromatic carbocycles. The van der Waals surface area contributed by atoms with E-state index in [9.17, 15) is 21.6 Å². The van der Waals surface area contributed by atoms with Crippen LogP contribution in [0.1, 0.15) is 18.4 Å². The average Bonchev–Trinajstić information content (AvgIpc) is 3.33. The first kappa shape index (κ1) is 19.9. The van der Waals surface area contributed by atoms with Gasteiger partial charge >= 0.3 is 6.18 Å². The third-order valence-electron chi connectivity index (χ3n) is 4.28. The molecule has 0 aliphatic carbocycles. The van der Waals surface area contributed by atoms with E-state index in [1.54, 1.807) is 6.92 Å². The van der Waals surface area contributed by atoms with E-state index in [1.807, 2.05) is 0 Å². The van der Waals surface area contributed by atoms with Crippen LogP contribution in [0, 0.1) is 6.92 Å². The quantitative estimate of drug-likeness (QED) is 0.483. The first-order valence-corrected chi connectivity index (χ1v) is 10.3. The van der Waals surface area contributed by atoms with Gasteiger partial charge in [0.25, 0.3) is 0 Å². The Morgan fingerprint density at radius 3 is 2.53 bits per heavy atom. The summed E-state index contributed by atoms with van der Waals surface area (Å²) in [5, 5.41) is 7.57. The van der Waals surface area contributed by atoms with E-state index in [0.717, 1.165) is 10.6 Å². The van der Waals surface area contributed by atoms with Crippen LogP contribution in [0.3, 0.4) is 0 Å². The summed E-state index contributed by atoms with van der Waals surface area (Å²) in [5.74, 6) is 0.293. The van der Waals surface area contributed by atoms with E-state index in [-0.39, 0.29) is 27.7 Å². The number of aryl methyl sites for hydroxylation is 1. The van der Waals surface area contributed by atoms with E-state index < -0.39 is 21.7 Å². The minimum atomic E-state index is -4.62. The maximum atomic E-state index is 12.9. The van der Waals surface area contributed by atoms with Crippen molar-refractivity contribution in [3.8, 4) is 17.1 Å². The van der Waals surface area contributed by atoms with Crippen molar-refractivity contribution in [3.63, 3.8) is 0 Å². The van der Waals surface area contributed by atoms with E-state index >= 15 is 0 Å². The van der Waals surface area contributed by atoms with Crippen molar-refractivity contribution in [2.75, 3.05) is 5.75 Å². The number of hydrogen-bond acceptors (Lipinski definition) is 7. The molecule has 0 aliphatic rings. The van der Waals surface area contributed by atoms with Crippen LogP contribution in [0.25, 0.3) is 22.7 Å². The second kappa shape index (κ2) is 6.86. The first-order chi connectivity index (χ1) is 14.1. The highest BCUT2D eigenvalue weighted by Gasteiger charge is 2.34. The van der Waals surface area contributed by atoms with E-state index in [4.69, 9.17) is 0 Å². The van der Waals surface area contributed by atoms with Crippen LogP contribution >= 0.6 is 0 Å². The predicted octanol–water partition coefficient (Wildman–Crippen LogP) is 2.49. The zero-order chi connectivity index (χ0) is 21.7. The molecule has 13 heteroatoms. The molecule has 0 saturated carbocycles. The highest BCUT2D eigenvalue weighted by Crippen LogP contribution is 2.30. The normalized spacial score (nSPS) is 12.6. The Hall–Kier alpha value is -3.35. The number of rotatable bonds is 4. The van der Waals surface area contributed by atoms with Gasteiger partial charge in [-0.25, -0.2) is 27.6 Å². The number of sulfone groups is 1. The molecule has 0 radical (unpaired) electrons. The van der Waals surface area contributed by atoms with Gasteiger partial charge in [-0.2, -0.15) is 23.4 Å². The molecule has 30 heavy (non-hydrogen) atoms. The molecular formula is C17H14F3N7O2S. The summed E-state index contributed by atoms with van der Waals surface area (Å²) in [6, 6.07) is 3.53. The summed E-state index contributed by atoms with van der Waals surface area (Å²) in [5.41, 5.74) is -0.689. The summed E-state index contributed by atoms with van der Waals surface area (Å²) >= 11 is 0. The highest BCUT2D eigenvalue weighted by atomic mass is 32.2. The molecule has 0 amide bonds. The Bertz CT molecular complexity index is 1360. The van der Waals surface area contributed by atoms with Crippen molar-refractivity contribution in [2.45, 2.75) is 24.9 Å². The van der Waals surface area contributed by atoms with E-state index in [2.05, 4.69) is 25.1 Å². The molecule has 0 unspecified atom stereocenters. The first-order valence-electron chi connectivity index (χ1n) is 8.64. The Morgan fingerprint density at radius 2 is 1.90 bits per heavy atom. The molecule has 0 atom stereocenters. The monoisotopic (exact) mass is 437 g/mol. The van der Waals surface area contributed by atoms with Crippen molar-refractivity contribution in [3.05, 3.63) is 48.4 Å². The number of aromatic nitrogens is 7. The molecule has 0 spiro atoms. The number of pyridine rings is 1. The Kier molecular flexibility index (Phi) is 4.56. The minimum Gasteiger partial charge on any atom is -0.251 e. The summed E-state index contributed by atoms with van der Waals surface area (Å²) < 4.78 is 66.5. The van der Waals surface area contributed by atoms with Crippen LogP contribution in [0.2, 0.25) is 0 Å². The van der Waals surface area contributed by atoms with Crippen LogP contribution in [0.4, 0.5) is 13.2 Å². The van der Waals surface area contributed by atoms with Crippen molar-refractivity contribution < 1.29 is 21.6 Å². The summed E-state index contributed by atoms with van der Waals surface area (Å²) in [4.78, 5) is 12.3. The van der Waals surface area contributed by atoms with Gasteiger partial charge in [0.15, 0.2) is 21.2 Å². The number of fused-ring (bicyclic) bond motifs is 1. The van der Waals surface area contributed by atoms with Gasteiger partial charge in [-0.15, -0.1) is 0 Å². The van der Waals surface area contributed by atoms with Crippen LogP contribution in [-0.4, -0.2) is 48.5 Å². The molecule has 4 heterocycles. The molecule has 0 saturated heterocycles. The highest BCUT2D eigenvalue weighted by molar-refractivity contribution is 7.91. The zero-order valence-electron chi connectivity index (χ0n) is 15.7. The van der Waals surface area contributed by atoms with Gasteiger partial charge in [-0.05, 0) is 19.1 Å². The Balaban J connectivity index is 1.89. The SMILES string of the molecule is CCS(=O)(=O)c1cc(-n2cnc(C)n2)cnc1-c1ccn2nc(C(F)(F)F)cc2n1. The van der Waals surface area contributed by atoms with Crippen molar-refractivity contribution in [1.82, 2.24) is 34.3 Å². The molecule has 9 nitrogen and oxygen atoms in total. The standard InChI is InChI=1S/C17H14F3N7O2S/c1-3-30(28,29)13-6-11(27-9-22-10(2)24-27)8-21-16(13)12-4-5-26-15(23-12)7-14(25-26)17(18,19)20/h4-9H,3H2,1-2H3. The third-order valence-corrected chi connectivity index (χ3v) is 6.02. The van der Waals surface area contributed by atoms with E-state index in [0.29, 0.717) is 11.5 Å². The topological polar surface area (TPSA) is 108 Å². The van der Waals surface area contributed by atoms with Gasteiger partial charge in [0.05, 0.1) is 28.2 Å². The number of hydrogen-bond donors (Lipinski definition) is 0. The van der Waals surface area contributed by atoms with Gasteiger partial charge in [0.1, 0.15) is 17.8 Å². The average molecular weight is 437 g/mol. The third kappa shape index (κ3) is 3.51. The van der Waals surface area contributed by atoms with Gasteiger partial charge in [-0.1, -0.05) is 6.92 Å². The summed E-state index contributed by atoms with van der Waals surface area (Å²) in [7, 11) is -3.74. The molecule has 4 rings (SSSR count). The second-order valence-corrected chi connectivity index (χ2v) is 8.57. The van der Waals surface area contributed by atoms with Gasteiger partial charge in [0.2, 0.25) is 0 Å². The molecule has 0 aliphatic heterocycles. The lowest BCUT2D eigenvalue weighted by atomic mass is 10.2. The van der Waals surface area contributed by atoms with Crippen LogP contribution in [0.15, 0.2) is 41.8 Å². The number of halogens is 3. The van der Waals surface area contributed by atoms with Gasteiger partial charge in [0, 0.05) is 12.3 Å². The largest absolute Gasteiger partial charge is 0.435 e. The van der Waals surface area contributed by atoms with Crippen molar-refractivity contribution in [2.24, 2.45) is 0 Å². The molecule has 4 aromatic heterocycles. The molecule has 0 N–H and O–H groups in total. The smallest absolute Gasteiger partial charge is 0.251 e. The van der Waals surface area contributed by atoms with Crippen molar-refractivity contribution in [1.29, 1.82) is 0 Å². The van der Waals surface area contributed by atoms with Gasteiger partial charge < -0.3 is 0 Å². The lowest BCUT2D eigenvalue weighted by Crippen LogP contribution is -2.09. The van der Waals surface area contributed by atoms with E-state index in [1.165, 1.54) is 42.5 Å². The molecular weight excluding hydrogens is 423 g/mol. The molecule has 0 fully saturated rings. The molecule has 4 aromatic rings. The Labute approximate surface area is 168 Å². The maximum absolute atomic E-state index is 12.9. The minimum absolute atomic E-state index is 0.0229. The number of alkyl halides is 3.